The third-order valence-electron chi connectivity index (χ3n) is 7.56. The van der Waals surface area contributed by atoms with E-state index < -0.39 is 0 Å². The molecule has 4 aromatic rings. The molecule has 2 aliphatic rings. The van der Waals surface area contributed by atoms with E-state index in [-0.39, 0.29) is 11.9 Å². The van der Waals surface area contributed by atoms with Crippen LogP contribution in [-0.2, 0) is 0 Å². The molecule has 1 atom stereocenters. The van der Waals surface area contributed by atoms with E-state index in [1.807, 2.05) is 31.2 Å². The van der Waals surface area contributed by atoms with Gasteiger partial charge in [0.2, 0.25) is 0 Å². The SMILES string of the molecule is Cc1nn(-c2ccccn2)c2nc(C3CC3)cc(C(=O)NCC(C)N3CCN(c4ccccc4)CC3)c12. The molecule has 190 valence electrons. The highest BCUT2D eigenvalue weighted by molar-refractivity contribution is 6.06. The number of piperazine rings is 1. The smallest absolute Gasteiger partial charge is 0.252 e. The summed E-state index contributed by atoms with van der Waals surface area (Å²) >= 11 is 0. The average Bonchev–Trinajstić information content (AvgIpc) is 3.75. The van der Waals surface area contributed by atoms with E-state index in [0.717, 1.165) is 55.8 Å². The minimum Gasteiger partial charge on any atom is -0.369 e. The Bertz CT molecular complexity index is 1390. The molecule has 0 bridgehead atoms. The van der Waals surface area contributed by atoms with Gasteiger partial charge >= 0.3 is 0 Å². The van der Waals surface area contributed by atoms with E-state index in [1.54, 1.807) is 10.9 Å². The van der Waals surface area contributed by atoms with Gasteiger partial charge in [-0.25, -0.2) is 9.97 Å². The molecule has 1 aromatic carbocycles. The maximum atomic E-state index is 13.6. The molecule has 1 saturated carbocycles. The Balaban J connectivity index is 1.18. The van der Waals surface area contributed by atoms with Crippen molar-refractivity contribution in [2.45, 2.75) is 38.6 Å². The first-order valence-electron chi connectivity index (χ1n) is 13.2. The fraction of sp³-hybridized carbons (Fsp3) is 0.379. The fourth-order valence-corrected chi connectivity index (χ4v) is 5.24. The number of anilines is 1. The number of nitrogens with zero attached hydrogens (tertiary/aromatic N) is 6. The zero-order chi connectivity index (χ0) is 25.4. The van der Waals surface area contributed by atoms with E-state index >= 15 is 0 Å². The van der Waals surface area contributed by atoms with E-state index in [4.69, 9.17) is 10.1 Å². The standard InChI is InChI=1S/C29H33N7O/c1-20(34-14-16-35(17-15-34)23-8-4-3-5-9-23)19-31-29(37)24-18-25(22-11-12-22)32-28-27(24)21(2)33-36(28)26-10-6-7-13-30-26/h3-10,13,18,20,22H,11-12,14-17,19H2,1-2H3,(H,31,37). The van der Waals surface area contributed by atoms with Crippen LogP contribution in [0.4, 0.5) is 5.69 Å². The molecule has 3 aromatic heterocycles. The number of carbonyl (C=O) groups is 1. The zero-order valence-corrected chi connectivity index (χ0v) is 21.5. The molecule has 1 aliphatic heterocycles. The third-order valence-corrected chi connectivity index (χ3v) is 7.56. The summed E-state index contributed by atoms with van der Waals surface area (Å²) in [5.41, 5.74) is 4.40. The van der Waals surface area contributed by atoms with Gasteiger partial charge < -0.3 is 10.2 Å². The van der Waals surface area contributed by atoms with Crippen LogP contribution in [0.1, 0.15) is 47.4 Å². The summed E-state index contributed by atoms with van der Waals surface area (Å²) in [4.78, 5) is 27.9. The number of aromatic nitrogens is 4. The van der Waals surface area contributed by atoms with Gasteiger partial charge in [0.15, 0.2) is 11.5 Å². The van der Waals surface area contributed by atoms with Crippen LogP contribution in [0.2, 0.25) is 0 Å². The molecular weight excluding hydrogens is 462 g/mol. The number of nitrogens with one attached hydrogen (secondary N) is 1. The van der Waals surface area contributed by atoms with Gasteiger partial charge in [0.25, 0.3) is 5.91 Å². The minimum absolute atomic E-state index is 0.0623. The Kier molecular flexibility index (Phi) is 6.34. The van der Waals surface area contributed by atoms with Gasteiger partial charge in [-0.2, -0.15) is 9.78 Å². The Morgan fingerprint density at radius 3 is 2.51 bits per heavy atom. The van der Waals surface area contributed by atoms with Crippen LogP contribution in [0.15, 0.2) is 60.8 Å². The first-order valence-corrected chi connectivity index (χ1v) is 13.2. The van der Waals surface area contributed by atoms with Crippen molar-refractivity contribution in [1.29, 1.82) is 0 Å². The molecule has 1 amide bonds. The first-order chi connectivity index (χ1) is 18.1. The summed E-state index contributed by atoms with van der Waals surface area (Å²) < 4.78 is 1.77. The van der Waals surface area contributed by atoms with Crippen LogP contribution >= 0.6 is 0 Å². The maximum absolute atomic E-state index is 13.6. The number of carbonyl (C=O) groups excluding carboxylic acids is 1. The number of rotatable bonds is 7. The van der Waals surface area contributed by atoms with Gasteiger partial charge in [-0.05, 0) is 57.0 Å². The van der Waals surface area contributed by atoms with E-state index in [9.17, 15) is 4.79 Å². The van der Waals surface area contributed by atoms with Gasteiger partial charge in [-0.15, -0.1) is 0 Å². The lowest BCUT2D eigenvalue weighted by Crippen LogP contribution is -2.52. The molecule has 4 heterocycles. The van der Waals surface area contributed by atoms with E-state index in [1.165, 1.54) is 5.69 Å². The lowest BCUT2D eigenvalue weighted by atomic mass is 10.1. The van der Waals surface area contributed by atoms with Crippen molar-refractivity contribution in [3.8, 4) is 5.82 Å². The van der Waals surface area contributed by atoms with Gasteiger partial charge in [0.1, 0.15) is 0 Å². The van der Waals surface area contributed by atoms with Crippen LogP contribution in [0.25, 0.3) is 16.9 Å². The molecule has 2 fully saturated rings. The second-order valence-electron chi connectivity index (χ2n) is 10.2. The van der Waals surface area contributed by atoms with Gasteiger partial charge in [0.05, 0.1) is 16.6 Å². The maximum Gasteiger partial charge on any atom is 0.252 e. The molecule has 1 aliphatic carbocycles. The fourth-order valence-electron chi connectivity index (χ4n) is 5.24. The topological polar surface area (TPSA) is 79.2 Å². The summed E-state index contributed by atoms with van der Waals surface area (Å²) in [7, 11) is 0. The number of amides is 1. The van der Waals surface area contributed by atoms with Crippen molar-refractivity contribution in [2.75, 3.05) is 37.6 Å². The lowest BCUT2D eigenvalue weighted by molar-refractivity contribution is 0.0935. The highest BCUT2D eigenvalue weighted by Gasteiger charge is 2.29. The molecule has 1 N–H and O–H groups in total. The Labute approximate surface area is 217 Å². The van der Waals surface area contributed by atoms with Crippen molar-refractivity contribution in [1.82, 2.24) is 30.0 Å². The van der Waals surface area contributed by atoms with Crippen molar-refractivity contribution < 1.29 is 4.79 Å². The van der Waals surface area contributed by atoms with Crippen molar-refractivity contribution in [3.05, 3.63) is 77.7 Å². The summed E-state index contributed by atoms with van der Waals surface area (Å²) in [5.74, 6) is 1.06. The zero-order valence-electron chi connectivity index (χ0n) is 21.5. The number of hydrogen-bond acceptors (Lipinski definition) is 6. The Morgan fingerprint density at radius 1 is 1.05 bits per heavy atom. The second-order valence-corrected chi connectivity index (χ2v) is 10.2. The van der Waals surface area contributed by atoms with Crippen molar-refractivity contribution in [3.63, 3.8) is 0 Å². The molecule has 8 nitrogen and oxygen atoms in total. The molecule has 1 unspecified atom stereocenters. The average molecular weight is 496 g/mol. The summed E-state index contributed by atoms with van der Waals surface area (Å²) in [6.45, 7) is 8.67. The van der Waals surface area contributed by atoms with Crippen LogP contribution in [0.3, 0.4) is 0 Å². The largest absolute Gasteiger partial charge is 0.369 e. The first kappa shape index (κ1) is 23.6. The number of hydrogen-bond donors (Lipinski definition) is 1. The number of fused-ring (bicyclic) bond motifs is 1. The van der Waals surface area contributed by atoms with Crippen LogP contribution in [0, 0.1) is 6.92 Å². The molecular formula is C29H33N7O. The van der Waals surface area contributed by atoms with Crippen molar-refractivity contribution >= 4 is 22.6 Å². The number of para-hydroxylation sites is 1. The summed E-state index contributed by atoms with van der Waals surface area (Å²) in [6, 6.07) is 18.5. The normalized spacial score (nSPS) is 17.2. The molecule has 37 heavy (non-hydrogen) atoms. The lowest BCUT2D eigenvalue weighted by Gasteiger charge is -2.39. The Hall–Kier alpha value is -3.78. The highest BCUT2D eigenvalue weighted by atomic mass is 16.1. The van der Waals surface area contributed by atoms with E-state index in [2.05, 4.69) is 57.4 Å². The van der Waals surface area contributed by atoms with Gasteiger partial charge in [-0.3, -0.25) is 9.69 Å². The van der Waals surface area contributed by atoms with E-state index in [0.29, 0.717) is 29.5 Å². The Morgan fingerprint density at radius 2 is 1.81 bits per heavy atom. The third kappa shape index (κ3) is 4.81. The predicted molar refractivity (Wildman–Crippen MR) is 145 cm³/mol. The molecule has 0 spiro atoms. The van der Waals surface area contributed by atoms with Gasteiger partial charge in [-0.1, -0.05) is 24.3 Å². The molecule has 1 saturated heterocycles. The molecule has 8 heteroatoms. The number of pyridine rings is 2. The highest BCUT2D eigenvalue weighted by Crippen LogP contribution is 2.40. The quantitative estimate of drug-likeness (QED) is 0.418. The van der Waals surface area contributed by atoms with Crippen LogP contribution in [0.5, 0.6) is 0 Å². The number of aryl methyl sites for hydroxylation is 1. The van der Waals surface area contributed by atoms with Crippen LogP contribution < -0.4 is 10.2 Å². The summed E-state index contributed by atoms with van der Waals surface area (Å²) in [6.07, 6.45) is 3.97. The monoisotopic (exact) mass is 495 g/mol. The molecule has 6 rings (SSSR count). The summed E-state index contributed by atoms with van der Waals surface area (Å²) in [5, 5.41) is 8.75. The van der Waals surface area contributed by atoms with Crippen LogP contribution in [-0.4, -0.2) is 69.3 Å². The number of benzene rings is 1. The second kappa shape index (κ2) is 9.94. The van der Waals surface area contributed by atoms with Gasteiger partial charge in [0, 0.05) is 62.3 Å². The molecule has 0 radical (unpaired) electrons. The minimum atomic E-state index is -0.0623. The predicted octanol–water partition coefficient (Wildman–Crippen LogP) is 3.94. The van der Waals surface area contributed by atoms with Crippen molar-refractivity contribution in [2.24, 2.45) is 0 Å².